The van der Waals surface area contributed by atoms with Gasteiger partial charge in [-0.15, -0.1) is 0 Å². The van der Waals surface area contributed by atoms with Gasteiger partial charge in [0.25, 0.3) is 0 Å². The first kappa shape index (κ1) is 15.3. The Morgan fingerprint density at radius 1 is 1.39 bits per heavy atom. The molecule has 1 heterocycles. The van der Waals surface area contributed by atoms with Gasteiger partial charge in [-0.25, -0.2) is 4.98 Å². The third-order valence-electron chi connectivity index (χ3n) is 2.87. The van der Waals surface area contributed by atoms with E-state index >= 15 is 0 Å². The van der Waals surface area contributed by atoms with Crippen LogP contribution in [0.3, 0.4) is 0 Å². The Bertz CT molecular complexity index is 424. The Hall–Kier alpha value is -0.710. The number of hydrogen-bond acceptors (Lipinski definition) is 4. The lowest BCUT2D eigenvalue weighted by Crippen LogP contribution is -2.45. The van der Waals surface area contributed by atoms with Crippen molar-refractivity contribution in [3.8, 4) is 0 Å². The molecule has 0 atom stereocenters. The largest absolute Gasteiger partial charge is 0.394 e. The van der Waals surface area contributed by atoms with Gasteiger partial charge in [0.1, 0.15) is 11.6 Å². The van der Waals surface area contributed by atoms with Crippen LogP contribution in [0.4, 0.5) is 11.6 Å². The SMILES string of the molecule is CCNc1nc(N(C)C(C)(C)CO)c(Cl)cc1Cl. The minimum absolute atomic E-state index is 0.000670. The predicted molar refractivity (Wildman–Crippen MR) is 78.0 cm³/mol. The fraction of sp³-hybridized carbons (Fsp3) is 0.583. The van der Waals surface area contributed by atoms with Crippen molar-refractivity contribution in [1.29, 1.82) is 0 Å². The number of rotatable bonds is 5. The Kier molecular flexibility index (Phi) is 5.08. The molecule has 1 rings (SSSR count). The maximum Gasteiger partial charge on any atom is 0.150 e. The van der Waals surface area contributed by atoms with Gasteiger partial charge in [-0.3, -0.25) is 0 Å². The maximum absolute atomic E-state index is 9.39. The first-order chi connectivity index (χ1) is 8.33. The molecule has 18 heavy (non-hydrogen) atoms. The van der Waals surface area contributed by atoms with Crippen molar-refractivity contribution in [1.82, 2.24) is 4.98 Å². The average Bonchev–Trinajstić information content (AvgIpc) is 2.32. The van der Waals surface area contributed by atoms with Crippen LogP contribution in [-0.4, -0.2) is 35.8 Å². The molecule has 0 saturated heterocycles. The van der Waals surface area contributed by atoms with Gasteiger partial charge in [-0.2, -0.15) is 0 Å². The van der Waals surface area contributed by atoms with E-state index in [4.69, 9.17) is 23.2 Å². The van der Waals surface area contributed by atoms with Crippen LogP contribution in [0, 0.1) is 0 Å². The highest BCUT2D eigenvalue weighted by molar-refractivity contribution is 6.37. The summed E-state index contributed by atoms with van der Waals surface area (Å²) in [5.74, 6) is 1.19. The van der Waals surface area contributed by atoms with Crippen LogP contribution in [0.25, 0.3) is 0 Å². The number of aliphatic hydroxyl groups is 1. The molecule has 4 nitrogen and oxygen atoms in total. The second-order valence-corrected chi connectivity index (χ2v) is 5.50. The van der Waals surface area contributed by atoms with E-state index in [2.05, 4.69) is 10.3 Å². The summed E-state index contributed by atoms with van der Waals surface area (Å²) in [5.41, 5.74) is -0.450. The minimum Gasteiger partial charge on any atom is -0.394 e. The van der Waals surface area contributed by atoms with Crippen molar-refractivity contribution in [3.63, 3.8) is 0 Å². The minimum atomic E-state index is -0.450. The molecule has 0 bridgehead atoms. The Morgan fingerprint density at radius 2 is 2.00 bits per heavy atom. The maximum atomic E-state index is 9.39. The fourth-order valence-corrected chi connectivity index (χ4v) is 1.93. The van der Waals surface area contributed by atoms with Gasteiger partial charge >= 0.3 is 0 Å². The zero-order chi connectivity index (χ0) is 13.9. The van der Waals surface area contributed by atoms with Crippen molar-refractivity contribution in [2.45, 2.75) is 26.3 Å². The normalized spacial score (nSPS) is 11.5. The molecule has 0 aliphatic rings. The molecule has 0 aliphatic carbocycles. The molecule has 1 aromatic heterocycles. The topological polar surface area (TPSA) is 48.4 Å². The highest BCUT2D eigenvalue weighted by Gasteiger charge is 2.26. The number of anilines is 2. The molecule has 0 saturated carbocycles. The standard InChI is InChI=1S/C12H19Cl2N3O/c1-5-15-10-8(13)6-9(14)11(16-10)17(4)12(2,3)7-18/h6,18H,5,7H2,1-4H3,(H,15,16). The van der Waals surface area contributed by atoms with Crippen molar-refractivity contribution >= 4 is 34.8 Å². The van der Waals surface area contributed by atoms with Gasteiger partial charge in [0, 0.05) is 13.6 Å². The van der Waals surface area contributed by atoms with Gasteiger partial charge in [-0.05, 0) is 26.8 Å². The molecule has 0 fully saturated rings. The number of aliphatic hydroxyl groups excluding tert-OH is 1. The lowest BCUT2D eigenvalue weighted by Gasteiger charge is -2.35. The Balaban J connectivity index is 3.20. The van der Waals surface area contributed by atoms with Gasteiger partial charge in [0.05, 0.1) is 22.2 Å². The summed E-state index contributed by atoms with van der Waals surface area (Å²) in [6, 6.07) is 1.66. The van der Waals surface area contributed by atoms with Gasteiger partial charge in [0.15, 0.2) is 0 Å². The third-order valence-corrected chi connectivity index (χ3v) is 3.43. The zero-order valence-electron chi connectivity index (χ0n) is 11.1. The summed E-state index contributed by atoms with van der Waals surface area (Å²) in [4.78, 5) is 6.26. The van der Waals surface area contributed by atoms with Crippen molar-refractivity contribution in [2.75, 3.05) is 30.4 Å². The highest BCUT2D eigenvalue weighted by atomic mass is 35.5. The van der Waals surface area contributed by atoms with Gasteiger partial charge in [-0.1, -0.05) is 23.2 Å². The second-order valence-electron chi connectivity index (χ2n) is 4.68. The number of nitrogens with one attached hydrogen (secondary N) is 1. The summed E-state index contributed by atoms with van der Waals surface area (Å²) in [6.07, 6.45) is 0. The molecule has 0 unspecified atom stereocenters. The van der Waals surface area contributed by atoms with E-state index in [1.165, 1.54) is 0 Å². The monoisotopic (exact) mass is 291 g/mol. The molecule has 0 amide bonds. The lowest BCUT2D eigenvalue weighted by atomic mass is 10.1. The van der Waals surface area contributed by atoms with Crippen molar-refractivity contribution in [3.05, 3.63) is 16.1 Å². The summed E-state index contributed by atoms with van der Waals surface area (Å²) in [7, 11) is 1.84. The van der Waals surface area contributed by atoms with Crippen LogP contribution in [0.5, 0.6) is 0 Å². The molecule has 6 heteroatoms. The van der Waals surface area contributed by atoms with Crippen LogP contribution < -0.4 is 10.2 Å². The van der Waals surface area contributed by atoms with E-state index < -0.39 is 5.54 Å². The second kappa shape index (κ2) is 5.95. The summed E-state index contributed by atoms with van der Waals surface area (Å²) < 4.78 is 0. The lowest BCUT2D eigenvalue weighted by molar-refractivity contribution is 0.215. The first-order valence-electron chi connectivity index (χ1n) is 5.78. The van der Waals surface area contributed by atoms with Gasteiger partial charge in [0.2, 0.25) is 0 Å². The molecule has 1 aromatic rings. The Labute approximate surface area is 118 Å². The third kappa shape index (κ3) is 3.19. The molecule has 0 aliphatic heterocycles. The molecular formula is C12H19Cl2N3O. The quantitative estimate of drug-likeness (QED) is 0.876. The first-order valence-corrected chi connectivity index (χ1v) is 6.53. The number of hydrogen-bond donors (Lipinski definition) is 2. The van der Waals surface area contributed by atoms with Crippen LogP contribution in [-0.2, 0) is 0 Å². The van der Waals surface area contributed by atoms with E-state index in [0.717, 1.165) is 6.54 Å². The summed E-state index contributed by atoms with van der Waals surface area (Å²) in [6.45, 7) is 6.51. The zero-order valence-corrected chi connectivity index (χ0v) is 12.6. The number of nitrogens with zero attached hydrogens (tertiary/aromatic N) is 2. The smallest absolute Gasteiger partial charge is 0.150 e. The molecular weight excluding hydrogens is 273 g/mol. The number of likely N-dealkylation sites (N-methyl/N-ethyl adjacent to an activating group) is 1. The average molecular weight is 292 g/mol. The molecule has 0 radical (unpaired) electrons. The fourth-order valence-electron chi connectivity index (χ4n) is 1.38. The van der Waals surface area contributed by atoms with Crippen molar-refractivity contribution in [2.24, 2.45) is 0 Å². The predicted octanol–water partition coefficient (Wildman–Crippen LogP) is 3.03. The molecule has 0 spiro atoms. The summed E-state index contributed by atoms with van der Waals surface area (Å²) >= 11 is 12.2. The Morgan fingerprint density at radius 3 is 2.50 bits per heavy atom. The van der Waals surface area contributed by atoms with Crippen LogP contribution in [0.15, 0.2) is 6.07 Å². The van der Waals surface area contributed by atoms with E-state index in [1.54, 1.807) is 6.07 Å². The van der Waals surface area contributed by atoms with E-state index in [9.17, 15) is 5.11 Å². The van der Waals surface area contributed by atoms with Crippen LogP contribution in [0.2, 0.25) is 10.0 Å². The van der Waals surface area contributed by atoms with Gasteiger partial charge < -0.3 is 15.3 Å². The van der Waals surface area contributed by atoms with E-state index in [-0.39, 0.29) is 6.61 Å². The highest BCUT2D eigenvalue weighted by Crippen LogP contribution is 2.33. The van der Waals surface area contributed by atoms with E-state index in [1.807, 2.05) is 32.7 Å². The van der Waals surface area contributed by atoms with Crippen LogP contribution in [0.1, 0.15) is 20.8 Å². The number of halogens is 2. The van der Waals surface area contributed by atoms with E-state index in [0.29, 0.717) is 21.7 Å². The van der Waals surface area contributed by atoms with Crippen LogP contribution >= 0.6 is 23.2 Å². The number of pyridine rings is 1. The molecule has 102 valence electrons. The number of aromatic nitrogens is 1. The van der Waals surface area contributed by atoms with Crippen molar-refractivity contribution < 1.29 is 5.11 Å². The molecule has 0 aromatic carbocycles. The molecule has 2 N–H and O–H groups in total. The summed E-state index contributed by atoms with van der Waals surface area (Å²) in [5, 5.41) is 13.4.